The lowest BCUT2D eigenvalue weighted by Gasteiger charge is -2.16. The zero-order valence-electron chi connectivity index (χ0n) is 8.55. The Morgan fingerprint density at radius 2 is 2.20 bits per heavy atom. The zero-order chi connectivity index (χ0) is 10.8. The van der Waals surface area contributed by atoms with E-state index in [1.54, 1.807) is 6.07 Å². The molecule has 3 nitrogen and oxygen atoms in total. The zero-order valence-corrected chi connectivity index (χ0v) is 9.30. The van der Waals surface area contributed by atoms with Crippen molar-refractivity contribution < 1.29 is 9.53 Å². The molecule has 1 aliphatic rings. The molecule has 0 N–H and O–H groups in total. The highest BCUT2D eigenvalue weighted by atomic mass is 35.5. The van der Waals surface area contributed by atoms with Gasteiger partial charge in [0.05, 0.1) is 7.11 Å². The molecule has 0 saturated carbocycles. The second kappa shape index (κ2) is 4.19. The number of aromatic nitrogens is 1. The fraction of sp³-hybridized carbons (Fsp3) is 0.455. The summed E-state index contributed by atoms with van der Waals surface area (Å²) >= 11 is 6.10. The molecule has 0 unspecified atom stereocenters. The maximum absolute atomic E-state index is 11.3. The molecular weight excluding hydrogens is 214 g/mol. The predicted octanol–water partition coefficient (Wildman–Crippen LogP) is 2.40. The van der Waals surface area contributed by atoms with E-state index in [1.165, 1.54) is 7.11 Å². The summed E-state index contributed by atoms with van der Waals surface area (Å²) in [4.78, 5) is 15.6. The van der Waals surface area contributed by atoms with Gasteiger partial charge in [0, 0.05) is 10.7 Å². The molecule has 1 aromatic rings. The molecule has 0 radical (unpaired) electrons. The highest BCUT2D eigenvalue weighted by Crippen LogP contribution is 2.27. The molecule has 80 valence electrons. The van der Waals surface area contributed by atoms with Crippen LogP contribution >= 0.6 is 11.6 Å². The molecule has 0 aromatic carbocycles. The van der Waals surface area contributed by atoms with Gasteiger partial charge in [0.15, 0.2) is 0 Å². The van der Waals surface area contributed by atoms with Crippen molar-refractivity contribution in [3.05, 3.63) is 28.0 Å². The molecule has 1 aliphatic carbocycles. The standard InChI is InChI=1S/C11H12ClNO2/c1-15-11(14)10-6-8(12)7-4-2-3-5-9(7)13-10/h6H,2-5H2,1H3. The fourth-order valence-corrected chi connectivity index (χ4v) is 2.17. The van der Waals surface area contributed by atoms with Crippen LogP contribution in [0.3, 0.4) is 0 Å². The molecule has 0 atom stereocenters. The van der Waals surface area contributed by atoms with Gasteiger partial charge in [-0.15, -0.1) is 0 Å². The molecule has 0 spiro atoms. The number of hydrogen-bond acceptors (Lipinski definition) is 3. The van der Waals surface area contributed by atoms with Crippen molar-refractivity contribution in [3.8, 4) is 0 Å². The van der Waals surface area contributed by atoms with E-state index < -0.39 is 5.97 Å². The van der Waals surface area contributed by atoms with Crippen LogP contribution < -0.4 is 0 Å². The van der Waals surface area contributed by atoms with E-state index in [2.05, 4.69) is 9.72 Å². The first-order valence-corrected chi connectivity index (χ1v) is 5.37. The van der Waals surface area contributed by atoms with E-state index in [1.807, 2.05) is 0 Å². The minimum atomic E-state index is -0.426. The van der Waals surface area contributed by atoms with Crippen molar-refractivity contribution in [1.82, 2.24) is 4.98 Å². The van der Waals surface area contributed by atoms with Crippen LogP contribution in [0.2, 0.25) is 5.02 Å². The van der Waals surface area contributed by atoms with Crippen molar-refractivity contribution >= 4 is 17.6 Å². The number of carbonyl (C=O) groups is 1. The van der Waals surface area contributed by atoms with Gasteiger partial charge in [0.1, 0.15) is 5.69 Å². The SMILES string of the molecule is COC(=O)c1cc(Cl)c2c(n1)CCCC2. The number of ether oxygens (including phenoxy) is 1. The average Bonchev–Trinajstić information content (AvgIpc) is 2.28. The summed E-state index contributed by atoms with van der Waals surface area (Å²) in [5, 5.41) is 0.639. The average molecular weight is 226 g/mol. The summed E-state index contributed by atoms with van der Waals surface area (Å²) in [5.74, 6) is -0.426. The van der Waals surface area contributed by atoms with Gasteiger partial charge >= 0.3 is 5.97 Å². The summed E-state index contributed by atoms with van der Waals surface area (Å²) in [6.07, 6.45) is 4.12. The number of pyridine rings is 1. The third-order valence-electron chi connectivity index (χ3n) is 2.64. The fourth-order valence-electron chi connectivity index (χ4n) is 1.86. The molecule has 0 aliphatic heterocycles. The van der Waals surface area contributed by atoms with Gasteiger partial charge in [-0.2, -0.15) is 0 Å². The number of hydrogen-bond donors (Lipinski definition) is 0. The third kappa shape index (κ3) is 1.97. The number of aryl methyl sites for hydroxylation is 1. The Labute approximate surface area is 93.4 Å². The highest BCUT2D eigenvalue weighted by Gasteiger charge is 2.18. The van der Waals surface area contributed by atoms with Crippen LogP contribution in [0.5, 0.6) is 0 Å². The Morgan fingerprint density at radius 1 is 1.47 bits per heavy atom. The van der Waals surface area contributed by atoms with Crippen LogP contribution in [0.25, 0.3) is 0 Å². The highest BCUT2D eigenvalue weighted by molar-refractivity contribution is 6.31. The lowest BCUT2D eigenvalue weighted by Crippen LogP contribution is -2.12. The molecule has 1 aromatic heterocycles. The van der Waals surface area contributed by atoms with Crippen LogP contribution in [0, 0.1) is 0 Å². The van der Waals surface area contributed by atoms with E-state index in [9.17, 15) is 4.79 Å². The largest absolute Gasteiger partial charge is 0.464 e. The van der Waals surface area contributed by atoms with Crippen LogP contribution in [-0.2, 0) is 17.6 Å². The van der Waals surface area contributed by atoms with Crippen LogP contribution in [0.15, 0.2) is 6.07 Å². The number of methoxy groups -OCH3 is 1. The van der Waals surface area contributed by atoms with Gasteiger partial charge < -0.3 is 4.74 Å². The first kappa shape index (κ1) is 10.4. The first-order valence-electron chi connectivity index (χ1n) is 4.99. The lowest BCUT2D eigenvalue weighted by atomic mass is 9.96. The number of nitrogens with zero attached hydrogens (tertiary/aromatic N) is 1. The van der Waals surface area contributed by atoms with Gasteiger partial charge in [-0.1, -0.05) is 11.6 Å². The van der Waals surface area contributed by atoms with Crippen LogP contribution in [-0.4, -0.2) is 18.1 Å². The summed E-state index contributed by atoms with van der Waals surface area (Å²) in [7, 11) is 1.34. The number of carbonyl (C=O) groups excluding carboxylic acids is 1. The molecule has 0 bridgehead atoms. The summed E-state index contributed by atoms with van der Waals surface area (Å²) in [6, 6.07) is 1.59. The maximum atomic E-state index is 11.3. The normalized spacial score (nSPS) is 14.5. The summed E-state index contributed by atoms with van der Waals surface area (Å²) in [6.45, 7) is 0. The van der Waals surface area contributed by atoms with E-state index in [0.717, 1.165) is 36.9 Å². The van der Waals surface area contributed by atoms with Gasteiger partial charge in [-0.05, 0) is 37.3 Å². The Morgan fingerprint density at radius 3 is 2.93 bits per heavy atom. The Hall–Kier alpha value is -1.09. The van der Waals surface area contributed by atoms with Crippen molar-refractivity contribution in [2.45, 2.75) is 25.7 Å². The first-order chi connectivity index (χ1) is 7.22. The predicted molar refractivity (Wildman–Crippen MR) is 57.2 cm³/mol. The van der Waals surface area contributed by atoms with Crippen LogP contribution in [0.1, 0.15) is 34.6 Å². The third-order valence-corrected chi connectivity index (χ3v) is 2.98. The van der Waals surface area contributed by atoms with Gasteiger partial charge in [0.2, 0.25) is 0 Å². The molecular formula is C11H12ClNO2. The maximum Gasteiger partial charge on any atom is 0.356 e. The van der Waals surface area contributed by atoms with Gasteiger partial charge in [-0.3, -0.25) is 0 Å². The number of fused-ring (bicyclic) bond motifs is 1. The molecule has 15 heavy (non-hydrogen) atoms. The number of rotatable bonds is 1. The minimum absolute atomic E-state index is 0.308. The van der Waals surface area contributed by atoms with E-state index in [0.29, 0.717) is 10.7 Å². The lowest BCUT2D eigenvalue weighted by molar-refractivity contribution is 0.0593. The second-order valence-electron chi connectivity index (χ2n) is 3.61. The molecule has 4 heteroatoms. The quantitative estimate of drug-likeness (QED) is 0.689. The summed E-state index contributed by atoms with van der Waals surface area (Å²) in [5.41, 5.74) is 2.35. The van der Waals surface area contributed by atoms with E-state index >= 15 is 0 Å². The smallest absolute Gasteiger partial charge is 0.356 e. The van der Waals surface area contributed by atoms with Gasteiger partial charge in [-0.25, -0.2) is 9.78 Å². The topological polar surface area (TPSA) is 39.2 Å². The second-order valence-corrected chi connectivity index (χ2v) is 4.02. The molecule has 0 saturated heterocycles. The monoisotopic (exact) mass is 225 g/mol. The number of halogens is 1. The Kier molecular flexibility index (Phi) is 2.91. The van der Waals surface area contributed by atoms with Crippen molar-refractivity contribution in [2.75, 3.05) is 7.11 Å². The van der Waals surface area contributed by atoms with Crippen molar-refractivity contribution in [2.24, 2.45) is 0 Å². The molecule has 0 amide bonds. The Bertz CT molecular complexity index is 404. The van der Waals surface area contributed by atoms with E-state index in [-0.39, 0.29) is 0 Å². The van der Waals surface area contributed by atoms with Crippen molar-refractivity contribution in [1.29, 1.82) is 0 Å². The molecule has 1 heterocycles. The molecule has 2 rings (SSSR count). The van der Waals surface area contributed by atoms with Crippen molar-refractivity contribution in [3.63, 3.8) is 0 Å². The Balaban J connectivity index is 2.45. The van der Waals surface area contributed by atoms with Gasteiger partial charge in [0.25, 0.3) is 0 Å². The number of esters is 1. The molecule has 0 fully saturated rings. The van der Waals surface area contributed by atoms with E-state index in [4.69, 9.17) is 11.6 Å². The minimum Gasteiger partial charge on any atom is -0.464 e. The van der Waals surface area contributed by atoms with Crippen LogP contribution in [0.4, 0.5) is 0 Å². The summed E-state index contributed by atoms with van der Waals surface area (Å²) < 4.78 is 4.62.